The number of hydrogen-bond acceptors (Lipinski definition) is 1. The summed E-state index contributed by atoms with van der Waals surface area (Å²) in [4.78, 5) is 0. The first kappa shape index (κ1) is 8.10. The molecule has 0 aromatic heterocycles. The largest absolute Gasteiger partial charge is 0.275 e. The van der Waals surface area contributed by atoms with Crippen LogP contribution in [0, 0.1) is 5.92 Å². The van der Waals surface area contributed by atoms with E-state index in [9.17, 15) is 4.57 Å². The van der Waals surface area contributed by atoms with E-state index in [0.29, 0.717) is 8.46 Å². The molecule has 0 aliphatic rings. The molecule has 0 atom stereocenters. The zero-order valence-corrected chi connectivity index (χ0v) is 6.45. The van der Waals surface area contributed by atoms with Gasteiger partial charge in [0.15, 0.2) is 8.46 Å². The fraction of sp³-hybridized carbons (Fsp3) is 1.00. The van der Waals surface area contributed by atoms with Crippen LogP contribution in [0.15, 0.2) is 0 Å². The SMILES string of the molecule is CC(C)CCCP=O. The van der Waals surface area contributed by atoms with E-state index in [4.69, 9.17) is 0 Å². The fourth-order valence-corrected chi connectivity index (χ4v) is 0.876. The van der Waals surface area contributed by atoms with Gasteiger partial charge in [0.25, 0.3) is 0 Å². The van der Waals surface area contributed by atoms with Crippen molar-refractivity contribution in [1.82, 2.24) is 0 Å². The lowest BCUT2D eigenvalue weighted by atomic mass is 10.1. The van der Waals surface area contributed by atoms with Gasteiger partial charge in [-0.05, 0) is 12.3 Å². The standard InChI is InChI=1S/C6H13OP/c1-6(2)4-3-5-8-7/h6H,3-5H2,1-2H3. The molecule has 48 valence electrons. The summed E-state index contributed by atoms with van der Waals surface area (Å²) >= 11 is 0. The minimum absolute atomic E-state index is 0.300. The molecule has 2 heteroatoms. The summed E-state index contributed by atoms with van der Waals surface area (Å²) in [5.74, 6) is 0.761. The van der Waals surface area contributed by atoms with Gasteiger partial charge in [0, 0.05) is 6.16 Å². The Morgan fingerprint density at radius 3 is 2.50 bits per heavy atom. The maximum Gasteiger partial charge on any atom is 0.155 e. The normalized spacial score (nSPS) is 10.9. The van der Waals surface area contributed by atoms with Crippen LogP contribution in [-0.2, 0) is 4.57 Å². The second kappa shape index (κ2) is 5.24. The Labute approximate surface area is 52.7 Å². The van der Waals surface area contributed by atoms with Crippen LogP contribution >= 0.6 is 8.46 Å². The third kappa shape index (κ3) is 6.10. The van der Waals surface area contributed by atoms with Gasteiger partial charge in [-0.2, -0.15) is 0 Å². The van der Waals surface area contributed by atoms with E-state index in [-0.39, 0.29) is 0 Å². The van der Waals surface area contributed by atoms with Crippen LogP contribution < -0.4 is 0 Å². The van der Waals surface area contributed by atoms with E-state index in [1.165, 1.54) is 6.42 Å². The summed E-state index contributed by atoms with van der Waals surface area (Å²) in [5, 5.41) is 0. The van der Waals surface area contributed by atoms with Crippen molar-refractivity contribution in [3.8, 4) is 0 Å². The van der Waals surface area contributed by atoms with E-state index < -0.39 is 0 Å². The number of hydrogen-bond donors (Lipinski definition) is 0. The van der Waals surface area contributed by atoms with Crippen LogP contribution in [0.4, 0.5) is 0 Å². The van der Waals surface area contributed by atoms with Gasteiger partial charge in [0.2, 0.25) is 0 Å². The first-order chi connectivity index (χ1) is 3.77. The van der Waals surface area contributed by atoms with Crippen LogP contribution in [0.5, 0.6) is 0 Å². The predicted molar refractivity (Wildman–Crippen MR) is 36.5 cm³/mol. The molecule has 0 N–H and O–H groups in total. The molecule has 0 aliphatic heterocycles. The lowest BCUT2D eigenvalue weighted by Crippen LogP contribution is -1.86. The maximum absolute atomic E-state index is 9.88. The molecule has 0 saturated heterocycles. The van der Waals surface area contributed by atoms with E-state index >= 15 is 0 Å². The van der Waals surface area contributed by atoms with Crippen molar-refractivity contribution in [1.29, 1.82) is 0 Å². The zero-order valence-electron chi connectivity index (χ0n) is 5.55. The van der Waals surface area contributed by atoms with Gasteiger partial charge >= 0.3 is 0 Å². The smallest absolute Gasteiger partial charge is 0.155 e. The Hall–Kier alpha value is 0.100. The van der Waals surface area contributed by atoms with Crippen molar-refractivity contribution < 1.29 is 4.57 Å². The second-order valence-corrected chi connectivity index (χ2v) is 3.09. The van der Waals surface area contributed by atoms with Gasteiger partial charge in [0.1, 0.15) is 0 Å². The van der Waals surface area contributed by atoms with Gasteiger partial charge in [-0.25, -0.2) is 0 Å². The molecule has 0 amide bonds. The zero-order chi connectivity index (χ0) is 6.41. The molecule has 1 nitrogen and oxygen atoms in total. The van der Waals surface area contributed by atoms with Crippen LogP contribution in [0.2, 0.25) is 0 Å². The quantitative estimate of drug-likeness (QED) is 0.424. The summed E-state index contributed by atoms with van der Waals surface area (Å²) < 4.78 is 9.88. The average Bonchev–Trinajstić information content (AvgIpc) is 1.66. The van der Waals surface area contributed by atoms with Crippen molar-refractivity contribution in [3.05, 3.63) is 0 Å². The average molecular weight is 132 g/mol. The molecule has 0 unspecified atom stereocenters. The van der Waals surface area contributed by atoms with Gasteiger partial charge in [-0.3, -0.25) is 4.57 Å². The molecule has 8 heavy (non-hydrogen) atoms. The molecule has 0 heterocycles. The lowest BCUT2D eigenvalue weighted by molar-refractivity contribution is 0.568. The van der Waals surface area contributed by atoms with Crippen LogP contribution in [0.25, 0.3) is 0 Å². The van der Waals surface area contributed by atoms with Crippen molar-refractivity contribution in [2.75, 3.05) is 6.16 Å². The molecular formula is C6H13OP. The second-order valence-electron chi connectivity index (χ2n) is 2.39. The van der Waals surface area contributed by atoms with Crippen LogP contribution in [0.3, 0.4) is 0 Å². The van der Waals surface area contributed by atoms with Gasteiger partial charge in [0.05, 0.1) is 0 Å². The Bertz CT molecular complexity index is 61.5. The Kier molecular flexibility index (Phi) is 5.31. The lowest BCUT2D eigenvalue weighted by Gasteiger charge is -1.98. The highest BCUT2D eigenvalue weighted by atomic mass is 31.1. The van der Waals surface area contributed by atoms with E-state index in [0.717, 1.165) is 18.5 Å². The van der Waals surface area contributed by atoms with Gasteiger partial charge < -0.3 is 0 Å². The minimum atomic E-state index is 0.300. The topological polar surface area (TPSA) is 17.1 Å². The molecule has 0 bridgehead atoms. The molecule has 0 aliphatic carbocycles. The van der Waals surface area contributed by atoms with E-state index in [2.05, 4.69) is 13.8 Å². The summed E-state index contributed by atoms with van der Waals surface area (Å²) in [6, 6.07) is 0. The third-order valence-corrected chi connectivity index (χ3v) is 1.53. The maximum atomic E-state index is 9.88. The molecule has 0 saturated carbocycles. The molecule has 0 rings (SSSR count). The Balaban J connectivity index is 2.81. The van der Waals surface area contributed by atoms with E-state index in [1.807, 2.05) is 0 Å². The monoisotopic (exact) mass is 132 g/mol. The highest BCUT2D eigenvalue weighted by Crippen LogP contribution is 2.06. The first-order valence-electron chi connectivity index (χ1n) is 3.06. The molecule has 0 radical (unpaired) electrons. The molecule has 0 aromatic rings. The van der Waals surface area contributed by atoms with Crippen LogP contribution in [-0.4, -0.2) is 6.16 Å². The number of rotatable bonds is 4. The van der Waals surface area contributed by atoms with E-state index in [1.54, 1.807) is 0 Å². The highest BCUT2D eigenvalue weighted by molar-refractivity contribution is 7.23. The minimum Gasteiger partial charge on any atom is -0.275 e. The Morgan fingerprint density at radius 2 is 2.12 bits per heavy atom. The summed E-state index contributed by atoms with van der Waals surface area (Å²) in [6.45, 7) is 4.36. The summed E-state index contributed by atoms with van der Waals surface area (Å²) in [6.07, 6.45) is 3.14. The van der Waals surface area contributed by atoms with Crippen LogP contribution in [0.1, 0.15) is 26.7 Å². The van der Waals surface area contributed by atoms with Crippen molar-refractivity contribution >= 4 is 8.46 Å². The summed E-state index contributed by atoms with van der Waals surface area (Å²) in [7, 11) is 0.300. The summed E-state index contributed by atoms with van der Waals surface area (Å²) in [5.41, 5.74) is 0. The predicted octanol–water partition coefficient (Wildman–Crippen LogP) is 2.71. The molecule has 0 aromatic carbocycles. The van der Waals surface area contributed by atoms with Crippen molar-refractivity contribution in [2.45, 2.75) is 26.7 Å². The van der Waals surface area contributed by atoms with Gasteiger partial charge in [-0.1, -0.05) is 20.3 Å². The molecular weight excluding hydrogens is 119 g/mol. The molecule has 0 spiro atoms. The highest BCUT2D eigenvalue weighted by Gasteiger charge is 1.91. The molecule has 0 fully saturated rings. The fourth-order valence-electron chi connectivity index (χ4n) is 0.564. The third-order valence-electron chi connectivity index (χ3n) is 1.03. The van der Waals surface area contributed by atoms with Gasteiger partial charge in [-0.15, -0.1) is 0 Å². The first-order valence-corrected chi connectivity index (χ1v) is 4.06. The van der Waals surface area contributed by atoms with Crippen molar-refractivity contribution in [3.63, 3.8) is 0 Å². The Morgan fingerprint density at radius 1 is 1.50 bits per heavy atom. The van der Waals surface area contributed by atoms with Crippen molar-refractivity contribution in [2.24, 2.45) is 5.92 Å².